The van der Waals surface area contributed by atoms with Gasteiger partial charge in [0.1, 0.15) is 0 Å². The second kappa shape index (κ2) is 6.54. The Morgan fingerprint density at radius 2 is 2.00 bits per heavy atom. The van der Waals surface area contributed by atoms with Crippen molar-refractivity contribution in [3.8, 4) is 0 Å². The Labute approximate surface area is 138 Å². The van der Waals surface area contributed by atoms with Gasteiger partial charge in [0.15, 0.2) is 0 Å². The summed E-state index contributed by atoms with van der Waals surface area (Å²) in [5.74, 6) is 1.98. The van der Waals surface area contributed by atoms with Gasteiger partial charge in [-0.05, 0) is 47.8 Å². The van der Waals surface area contributed by atoms with E-state index < -0.39 is 0 Å². The molecule has 1 aromatic carbocycles. The quantitative estimate of drug-likeness (QED) is 0.683. The molecule has 0 spiro atoms. The van der Waals surface area contributed by atoms with E-state index in [1.165, 1.54) is 24.0 Å². The molecule has 3 atom stereocenters. The summed E-state index contributed by atoms with van der Waals surface area (Å²) < 4.78 is 0. The van der Waals surface area contributed by atoms with Gasteiger partial charge < -0.3 is 0 Å². The first-order chi connectivity index (χ1) is 11.4. The molecule has 0 N–H and O–H groups in total. The van der Waals surface area contributed by atoms with Crippen LogP contribution in [-0.4, -0.2) is 12.8 Å². The van der Waals surface area contributed by atoms with E-state index in [1.54, 1.807) is 5.57 Å². The normalized spacial score (nSPS) is 28.4. The van der Waals surface area contributed by atoms with E-state index in [4.69, 9.17) is 4.99 Å². The lowest BCUT2D eigenvalue weighted by Crippen LogP contribution is -1.99. The molecule has 4 rings (SSSR count). The van der Waals surface area contributed by atoms with Crippen molar-refractivity contribution in [2.24, 2.45) is 22.7 Å². The summed E-state index contributed by atoms with van der Waals surface area (Å²) in [5, 5.41) is 0. The third-order valence-corrected chi connectivity index (χ3v) is 5.14. The average Bonchev–Trinajstić information content (AvgIpc) is 3.34. The Hall–Kier alpha value is -2.15. The number of fused-ring (bicyclic) bond motifs is 1. The number of hydrogen-bond acceptors (Lipinski definition) is 1. The second-order valence-corrected chi connectivity index (χ2v) is 6.64. The van der Waals surface area contributed by atoms with E-state index in [0.29, 0.717) is 17.8 Å². The molecule has 3 aliphatic rings. The number of hydrogen-bond donors (Lipinski definition) is 0. The van der Waals surface area contributed by atoms with Crippen LogP contribution in [0.25, 0.3) is 0 Å². The molecule has 0 saturated heterocycles. The summed E-state index contributed by atoms with van der Waals surface area (Å²) >= 11 is 0. The minimum absolute atomic E-state index is 0.613. The molecular weight excluding hydrogens is 278 g/mol. The van der Waals surface area contributed by atoms with Crippen LogP contribution in [0, 0.1) is 17.8 Å². The molecule has 1 saturated carbocycles. The van der Waals surface area contributed by atoms with Gasteiger partial charge in [0.2, 0.25) is 0 Å². The number of nitrogens with zero attached hydrogens (tertiary/aromatic N) is 1. The first-order valence-electron chi connectivity index (χ1n) is 8.72. The smallest absolute Gasteiger partial charge is 0.0425 e. The Bertz CT molecular complexity index is 703. The van der Waals surface area contributed by atoms with Crippen LogP contribution in [0.15, 0.2) is 82.9 Å². The van der Waals surface area contributed by atoms with E-state index in [9.17, 15) is 0 Å². The van der Waals surface area contributed by atoms with Gasteiger partial charge in [-0.1, -0.05) is 66.8 Å². The highest BCUT2D eigenvalue weighted by Gasteiger charge is 2.50. The molecule has 1 nitrogen and oxygen atoms in total. The van der Waals surface area contributed by atoms with Crippen molar-refractivity contribution >= 4 is 6.21 Å². The number of aliphatic imine (C=N–C) groups is 1. The van der Waals surface area contributed by atoms with Crippen LogP contribution in [0.4, 0.5) is 0 Å². The van der Waals surface area contributed by atoms with Crippen molar-refractivity contribution in [3.63, 3.8) is 0 Å². The van der Waals surface area contributed by atoms with E-state index in [2.05, 4.69) is 73.0 Å². The fourth-order valence-corrected chi connectivity index (χ4v) is 3.81. The molecule has 2 unspecified atom stereocenters. The summed E-state index contributed by atoms with van der Waals surface area (Å²) in [6.07, 6.45) is 19.3. The maximum atomic E-state index is 4.71. The van der Waals surface area contributed by atoms with Crippen molar-refractivity contribution < 1.29 is 0 Å². The number of benzene rings is 1. The summed E-state index contributed by atoms with van der Waals surface area (Å²) in [6, 6.07) is 10.6. The molecule has 0 heterocycles. The third-order valence-electron chi connectivity index (χ3n) is 5.14. The number of allylic oxidation sites excluding steroid dienone is 8. The molecule has 0 radical (unpaired) electrons. The van der Waals surface area contributed by atoms with Crippen LogP contribution in [0.1, 0.15) is 18.4 Å². The van der Waals surface area contributed by atoms with Gasteiger partial charge in [-0.2, -0.15) is 0 Å². The summed E-state index contributed by atoms with van der Waals surface area (Å²) in [4.78, 5) is 4.71. The Morgan fingerprint density at radius 1 is 1.09 bits per heavy atom. The van der Waals surface area contributed by atoms with Crippen LogP contribution in [0.5, 0.6) is 0 Å². The molecule has 0 bridgehead atoms. The van der Waals surface area contributed by atoms with E-state index in [0.717, 1.165) is 13.0 Å². The summed E-state index contributed by atoms with van der Waals surface area (Å²) in [6.45, 7) is 0.897. The molecule has 1 heteroatoms. The third kappa shape index (κ3) is 3.14. The fraction of sp³-hybridized carbons (Fsp3) is 0.318. The fourth-order valence-electron chi connectivity index (χ4n) is 3.81. The van der Waals surface area contributed by atoms with Gasteiger partial charge in [0.25, 0.3) is 0 Å². The Morgan fingerprint density at radius 3 is 2.83 bits per heavy atom. The standard InChI is InChI=1S/C22H23N/c1-3-8-17(9-4-1)14-15-23-16-21-20-13-7-12-19(22(20)21)18-10-5-2-6-11-18/h1-5,7-10,12-13,16,20-22H,6,11,14-15H2/t20-,21?,22?/m1/s1. The van der Waals surface area contributed by atoms with Crippen molar-refractivity contribution in [3.05, 3.63) is 83.5 Å². The topological polar surface area (TPSA) is 12.4 Å². The molecular formula is C22H23N. The van der Waals surface area contributed by atoms with Gasteiger partial charge in [-0.15, -0.1) is 0 Å². The van der Waals surface area contributed by atoms with Gasteiger partial charge in [-0.3, -0.25) is 4.99 Å². The monoisotopic (exact) mass is 301 g/mol. The minimum Gasteiger partial charge on any atom is -0.297 e. The largest absolute Gasteiger partial charge is 0.297 e. The Kier molecular flexibility index (Phi) is 4.10. The molecule has 1 fully saturated rings. The van der Waals surface area contributed by atoms with Crippen LogP contribution in [0.3, 0.4) is 0 Å². The van der Waals surface area contributed by atoms with Crippen molar-refractivity contribution in [1.82, 2.24) is 0 Å². The highest BCUT2D eigenvalue weighted by molar-refractivity contribution is 5.70. The first kappa shape index (κ1) is 14.4. The molecule has 116 valence electrons. The molecule has 1 aromatic rings. The zero-order valence-corrected chi connectivity index (χ0v) is 13.4. The predicted octanol–water partition coefficient (Wildman–Crippen LogP) is 4.93. The summed E-state index contributed by atoms with van der Waals surface area (Å²) in [5.41, 5.74) is 4.46. The van der Waals surface area contributed by atoms with Crippen molar-refractivity contribution in [2.45, 2.75) is 19.3 Å². The number of rotatable bonds is 5. The van der Waals surface area contributed by atoms with E-state index >= 15 is 0 Å². The highest BCUT2D eigenvalue weighted by Crippen LogP contribution is 2.55. The average molecular weight is 301 g/mol. The Balaban J connectivity index is 1.36. The first-order valence-corrected chi connectivity index (χ1v) is 8.72. The maximum absolute atomic E-state index is 4.71. The molecule has 0 aliphatic heterocycles. The zero-order chi connectivity index (χ0) is 15.5. The van der Waals surface area contributed by atoms with Gasteiger partial charge in [0.05, 0.1) is 0 Å². The van der Waals surface area contributed by atoms with Gasteiger partial charge >= 0.3 is 0 Å². The lowest BCUT2D eigenvalue weighted by atomic mass is 9.91. The molecule has 23 heavy (non-hydrogen) atoms. The molecule has 0 amide bonds. The van der Waals surface area contributed by atoms with Crippen LogP contribution < -0.4 is 0 Å². The minimum atomic E-state index is 0.613. The van der Waals surface area contributed by atoms with E-state index in [-0.39, 0.29) is 0 Å². The lowest BCUT2D eigenvalue weighted by Gasteiger charge is -2.14. The van der Waals surface area contributed by atoms with Gasteiger partial charge in [-0.25, -0.2) is 0 Å². The van der Waals surface area contributed by atoms with Crippen molar-refractivity contribution in [1.29, 1.82) is 0 Å². The van der Waals surface area contributed by atoms with Crippen LogP contribution >= 0.6 is 0 Å². The molecule has 0 aromatic heterocycles. The SMILES string of the molecule is C1=CCCC(C2=CC=C[C@@H]3C(C=NCCc4ccccc4)C23)=C1. The molecule has 3 aliphatic carbocycles. The predicted molar refractivity (Wildman–Crippen MR) is 97.7 cm³/mol. The van der Waals surface area contributed by atoms with Crippen LogP contribution in [-0.2, 0) is 6.42 Å². The maximum Gasteiger partial charge on any atom is 0.0425 e. The van der Waals surface area contributed by atoms with Gasteiger partial charge in [0, 0.05) is 18.7 Å². The van der Waals surface area contributed by atoms with E-state index in [1.807, 2.05) is 0 Å². The second-order valence-electron chi connectivity index (χ2n) is 6.64. The van der Waals surface area contributed by atoms with Crippen LogP contribution in [0.2, 0.25) is 0 Å². The zero-order valence-electron chi connectivity index (χ0n) is 13.4. The van der Waals surface area contributed by atoms with Crippen molar-refractivity contribution in [2.75, 3.05) is 6.54 Å². The summed E-state index contributed by atoms with van der Waals surface area (Å²) in [7, 11) is 0. The highest BCUT2D eigenvalue weighted by atomic mass is 14.7. The lowest BCUT2D eigenvalue weighted by molar-refractivity contribution is 0.861.